The first-order chi connectivity index (χ1) is 9.72. The number of thioether (sulfide) groups is 1. The molecule has 2 aliphatic rings. The Morgan fingerprint density at radius 2 is 2.50 bits per heavy atom. The van der Waals surface area contributed by atoms with Gasteiger partial charge in [-0.2, -0.15) is 11.8 Å². The summed E-state index contributed by atoms with van der Waals surface area (Å²) in [5.74, 6) is 3.19. The van der Waals surface area contributed by atoms with Crippen molar-refractivity contribution in [2.75, 3.05) is 24.7 Å². The van der Waals surface area contributed by atoms with Crippen molar-refractivity contribution in [3.8, 4) is 0 Å². The van der Waals surface area contributed by atoms with E-state index in [-0.39, 0.29) is 5.60 Å². The van der Waals surface area contributed by atoms with E-state index in [1.165, 1.54) is 39.2 Å². The molecule has 2 aliphatic heterocycles. The molecule has 0 bridgehead atoms. The Hall–Kier alpha value is 0.700. The van der Waals surface area contributed by atoms with Gasteiger partial charge in [0.25, 0.3) is 0 Å². The van der Waals surface area contributed by atoms with Gasteiger partial charge in [-0.1, -0.05) is 6.92 Å². The van der Waals surface area contributed by atoms with Crippen LogP contribution < -0.4 is 5.32 Å². The average molecular weight is 423 g/mol. The summed E-state index contributed by atoms with van der Waals surface area (Å²) >= 11 is 6.35. The van der Waals surface area contributed by atoms with Crippen molar-refractivity contribution in [3.05, 3.63) is 19.9 Å². The molecule has 1 spiro atoms. The maximum atomic E-state index is 6.18. The van der Waals surface area contributed by atoms with Gasteiger partial charge in [-0.15, -0.1) is 11.3 Å². The molecule has 0 aliphatic carbocycles. The average Bonchev–Trinajstić information content (AvgIpc) is 3.06. The van der Waals surface area contributed by atoms with Crippen LogP contribution in [0.25, 0.3) is 0 Å². The predicted molar refractivity (Wildman–Crippen MR) is 96.8 cm³/mol. The van der Waals surface area contributed by atoms with Crippen molar-refractivity contribution in [2.24, 2.45) is 5.92 Å². The molecule has 1 N–H and O–H groups in total. The lowest BCUT2D eigenvalue weighted by Crippen LogP contribution is -2.43. The van der Waals surface area contributed by atoms with E-state index in [4.69, 9.17) is 4.74 Å². The third-order valence-corrected chi connectivity index (χ3v) is 7.47. The molecule has 5 heteroatoms. The molecule has 1 aromatic rings. The van der Waals surface area contributed by atoms with Crippen molar-refractivity contribution < 1.29 is 4.74 Å². The molecule has 2 fully saturated rings. The highest BCUT2D eigenvalue weighted by Gasteiger charge is 2.42. The molecule has 0 aromatic carbocycles. The number of nitrogens with one attached hydrogen (secondary N) is 1. The molecule has 3 atom stereocenters. The number of hydrogen-bond acceptors (Lipinski definition) is 4. The molecule has 0 amide bonds. The Morgan fingerprint density at radius 1 is 1.60 bits per heavy atom. The lowest BCUT2D eigenvalue weighted by molar-refractivity contribution is -0.0853. The molecule has 3 heterocycles. The van der Waals surface area contributed by atoms with Gasteiger partial charge in [0.1, 0.15) is 0 Å². The first kappa shape index (κ1) is 15.6. The zero-order chi connectivity index (χ0) is 14.0. The quantitative estimate of drug-likeness (QED) is 0.730. The van der Waals surface area contributed by atoms with Crippen LogP contribution in [0.5, 0.6) is 0 Å². The minimum atomic E-state index is 0.185. The number of thiophene rings is 1. The van der Waals surface area contributed by atoms with Gasteiger partial charge in [0.2, 0.25) is 0 Å². The number of hydrogen-bond donors (Lipinski definition) is 1. The summed E-state index contributed by atoms with van der Waals surface area (Å²) in [7, 11) is 0. The second-order valence-corrected chi connectivity index (χ2v) is 9.72. The fourth-order valence-corrected chi connectivity index (χ4v) is 6.26. The maximum Gasteiger partial charge on any atom is 0.0783 e. The van der Waals surface area contributed by atoms with Crippen LogP contribution in [0.2, 0.25) is 0 Å². The van der Waals surface area contributed by atoms with Crippen molar-refractivity contribution in [2.45, 2.75) is 37.8 Å². The Balaban J connectivity index is 1.76. The Morgan fingerprint density at radius 3 is 3.15 bits per heavy atom. The second-order valence-electron chi connectivity index (χ2n) is 5.81. The van der Waals surface area contributed by atoms with E-state index in [0.29, 0.717) is 12.0 Å². The molecule has 112 valence electrons. The summed E-state index contributed by atoms with van der Waals surface area (Å²) < 4.78 is 7.57. The Kier molecular flexibility index (Phi) is 5.34. The molecule has 2 nitrogen and oxygen atoms in total. The SMILES string of the molecule is CCNC(c1csc(I)c1)C1CCOC2(CCSC2)C1. The lowest BCUT2D eigenvalue weighted by Gasteiger charge is -2.41. The van der Waals surface area contributed by atoms with Crippen LogP contribution in [0.3, 0.4) is 0 Å². The molecular formula is C15H22INOS2. The van der Waals surface area contributed by atoms with Crippen LogP contribution in [0.15, 0.2) is 11.4 Å². The number of halogens is 1. The summed E-state index contributed by atoms with van der Waals surface area (Å²) in [4.78, 5) is 0. The van der Waals surface area contributed by atoms with Gasteiger partial charge in [-0.05, 0) is 77.1 Å². The second kappa shape index (κ2) is 6.86. The monoisotopic (exact) mass is 423 g/mol. The van der Waals surface area contributed by atoms with E-state index < -0.39 is 0 Å². The smallest absolute Gasteiger partial charge is 0.0783 e. The molecule has 20 heavy (non-hydrogen) atoms. The van der Waals surface area contributed by atoms with Crippen molar-refractivity contribution in [1.82, 2.24) is 5.32 Å². The molecule has 0 saturated carbocycles. The molecule has 0 radical (unpaired) electrons. The van der Waals surface area contributed by atoms with E-state index in [2.05, 4.69) is 58.0 Å². The van der Waals surface area contributed by atoms with Crippen LogP contribution >= 0.6 is 45.7 Å². The van der Waals surface area contributed by atoms with E-state index in [9.17, 15) is 0 Å². The highest BCUT2D eigenvalue weighted by Crippen LogP contribution is 2.44. The van der Waals surface area contributed by atoms with Gasteiger partial charge >= 0.3 is 0 Å². The topological polar surface area (TPSA) is 21.3 Å². The summed E-state index contributed by atoms with van der Waals surface area (Å²) in [5, 5.41) is 6.06. The van der Waals surface area contributed by atoms with Gasteiger partial charge in [-0.3, -0.25) is 0 Å². The van der Waals surface area contributed by atoms with Gasteiger partial charge in [0.15, 0.2) is 0 Å². The van der Waals surface area contributed by atoms with E-state index in [1.54, 1.807) is 0 Å². The highest BCUT2D eigenvalue weighted by molar-refractivity contribution is 14.1. The first-order valence-corrected chi connectivity index (χ1v) is 10.5. The minimum Gasteiger partial charge on any atom is -0.374 e. The summed E-state index contributed by atoms with van der Waals surface area (Å²) in [6, 6.07) is 2.86. The van der Waals surface area contributed by atoms with Crippen LogP contribution in [-0.4, -0.2) is 30.3 Å². The normalized spacial score (nSPS) is 31.8. The zero-order valence-electron chi connectivity index (χ0n) is 11.9. The Labute approximate surface area is 143 Å². The third kappa shape index (κ3) is 3.37. The number of ether oxygens (including phenoxy) is 1. The maximum absolute atomic E-state index is 6.18. The van der Waals surface area contributed by atoms with Gasteiger partial charge in [-0.25, -0.2) is 0 Å². The first-order valence-electron chi connectivity index (χ1n) is 7.41. The largest absolute Gasteiger partial charge is 0.374 e. The summed E-state index contributed by atoms with van der Waals surface area (Å²) in [5.41, 5.74) is 1.67. The van der Waals surface area contributed by atoms with E-state index >= 15 is 0 Å². The number of rotatable bonds is 4. The van der Waals surface area contributed by atoms with Crippen molar-refractivity contribution >= 4 is 45.7 Å². The van der Waals surface area contributed by atoms with Crippen LogP contribution in [0.4, 0.5) is 0 Å². The Bertz CT molecular complexity index is 445. The summed E-state index contributed by atoms with van der Waals surface area (Å²) in [6.45, 7) is 4.19. The minimum absolute atomic E-state index is 0.185. The molecular weight excluding hydrogens is 401 g/mol. The third-order valence-electron chi connectivity index (χ3n) is 4.44. The van der Waals surface area contributed by atoms with Crippen LogP contribution in [-0.2, 0) is 4.74 Å². The lowest BCUT2D eigenvalue weighted by atomic mass is 9.79. The van der Waals surface area contributed by atoms with Crippen LogP contribution in [0.1, 0.15) is 37.8 Å². The molecule has 1 aromatic heterocycles. The van der Waals surface area contributed by atoms with Gasteiger partial charge < -0.3 is 10.1 Å². The zero-order valence-corrected chi connectivity index (χ0v) is 15.7. The molecule has 2 saturated heterocycles. The van der Waals surface area contributed by atoms with Crippen molar-refractivity contribution in [1.29, 1.82) is 0 Å². The highest BCUT2D eigenvalue weighted by atomic mass is 127. The van der Waals surface area contributed by atoms with E-state index in [0.717, 1.165) is 13.2 Å². The molecule has 3 unspecified atom stereocenters. The predicted octanol–water partition coefficient (Wildman–Crippen LogP) is 4.31. The standard InChI is InChI=1S/C15H22INOS2/c1-2-17-14(12-7-13(16)20-9-12)11-3-5-18-15(8-11)4-6-19-10-15/h7,9,11,14,17H,2-6,8,10H2,1H3. The fraction of sp³-hybridized carbons (Fsp3) is 0.733. The van der Waals surface area contributed by atoms with Crippen LogP contribution in [0, 0.1) is 8.80 Å². The van der Waals surface area contributed by atoms with Gasteiger partial charge in [0, 0.05) is 18.4 Å². The fourth-order valence-electron chi connectivity index (χ4n) is 3.48. The van der Waals surface area contributed by atoms with Gasteiger partial charge in [0.05, 0.1) is 8.48 Å². The molecule has 3 rings (SSSR count). The van der Waals surface area contributed by atoms with E-state index in [1.807, 2.05) is 11.3 Å². The van der Waals surface area contributed by atoms with Crippen molar-refractivity contribution in [3.63, 3.8) is 0 Å². The summed E-state index contributed by atoms with van der Waals surface area (Å²) in [6.07, 6.45) is 3.66.